The van der Waals surface area contributed by atoms with Crippen LogP contribution in [0.3, 0.4) is 0 Å². The molecule has 9 unspecified atom stereocenters. The predicted octanol–water partition coefficient (Wildman–Crippen LogP) is 0.393. The summed E-state index contributed by atoms with van der Waals surface area (Å²) in [4.78, 5) is 16.3. The van der Waals surface area contributed by atoms with E-state index < -0.39 is 61.4 Å². The van der Waals surface area contributed by atoms with Gasteiger partial charge in [0.05, 0.1) is 25.6 Å². The maximum atomic E-state index is 12.7. The Morgan fingerprint density at radius 1 is 1.18 bits per heavy atom. The van der Waals surface area contributed by atoms with Gasteiger partial charge in [0.2, 0.25) is 6.29 Å². The number of para-hydroxylation sites is 1. The van der Waals surface area contributed by atoms with Gasteiger partial charge in [0.25, 0.3) is 0 Å². The fourth-order valence-corrected chi connectivity index (χ4v) is 5.74. The van der Waals surface area contributed by atoms with Crippen molar-refractivity contribution in [3.8, 4) is 0 Å². The number of hydrogen-bond acceptors (Lipinski definition) is 10. The lowest BCUT2D eigenvalue weighted by molar-refractivity contribution is -0.339. The number of nitrogens with one attached hydrogen (secondary N) is 2. The van der Waals surface area contributed by atoms with Crippen molar-refractivity contribution in [2.45, 2.75) is 55.9 Å². The molecule has 1 aromatic carbocycles. The molecule has 2 aromatic rings. The molecule has 206 valence electrons. The highest BCUT2D eigenvalue weighted by Gasteiger charge is 2.48. The van der Waals surface area contributed by atoms with Crippen LogP contribution in [0.2, 0.25) is 0 Å². The van der Waals surface area contributed by atoms with Gasteiger partial charge in [-0.2, -0.15) is 0 Å². The third kappa shape index (κ3) is 4.75. The molecule has 0 amide bonds. The highest BCUT2D eigenvalue weighted by molar-refractivity contribution is 5.89. The maximum Gasteiger partial charge on any atom is 0.337 e. The van der Waals surface area contributed by atoms with Crippen molar-refractivity contribution >= 4 is 16.9 Å². The second-order valence-electron chi connectivity index (χ2n) is 9.88. The van der Waals surface area contributed by atoms with Crippen LogP contribution >= 0.6 is 0 Å². The van der Waals surface area contributed by atoms with Crippen LogP contribution in [0.5, 0.6) is 0 Å². The van der Waals surface area contributed by atoms with E-state index in [2.05, 4.69) is 22.9 Å². The Kier molecular flexibility index (Phi) is 7.87. The summed E-state index contributed by atoms with van der Waals surface area (Å²) in [7, 11) is 1.30. The Balaban J connectivity index is 1.43. The van der Waals surface area contributed by atoms with E-state index in [-0.39, 0.29) is 6.04 Å². The van der Waals surface area contributed by atoms with Gasteiger partial charge < -0.3 is 49.7 Å². The van der Waals surface area contributed by atoms with Crippen LogP contribution < -0.4 is 5.32 Å². The SMILES string of the molecule is C=CC1C(OC2OC(CO)C(O)C(O)C2O)OC=C(C(=O)OC)C1CC1NCCc2c1[nH]c1ccccc21. The summed E-state index contributed by atoms with van der Waals surface area (Å²) in [6.45, 7) is 4.13. The number of aromatic nitrogens is 1. The number of benzene rings is 1. The molecule has 11 nitrogen and oxygen atoms in total. The number of aliphatic hydroxyl groups is 4. The highest BCUT2D eigenvalue weighted by atomic mass is 16.8. The predicted molar refractivity (Wildman–Crippen MR) is 134 cm³/mol. The first-order valence-electron chi connectivity index (χ1n) is 12.7. The van der Waals surface area contributed by atoms with E-state index in [9.17, 15) is 25.2 Å². The van der Waals surface area contributed by atoms with Crippen molar-refractivity contribution in [1.82, 2.24) is 10.3 Å². The number of carbonyl (C=O) groups is 1. The number of ether oxygens (including phenoxy) is 4. The number of carbonyl (C=O) groups excluding carboxylic acids is 1. The molecule has 6 N–H and O–H groups in total. The van der Waals surface area contributed by atoms with Crippen molar-refractivity contribution in [2.75, 3.05) is 20.3 Å². The van der Waals surface area contributed by atoms with Gasteiger partial charge in [-0.05, 0) is 31.0 Å². The van der Waals surface area contributed by atoms with E-state index in [1.807, 2.05) is 18.2 Å². The minimum atomic E-state index is -1.60. The van der Waals surface area contributed by atoms with Crippen molar-refractivity contribution in [2.24, 2.45) is 11.8 Å². The van der Waals surface area contributed by atoms with Crippen LogP contribution in [0.4, 0.5) is 0 Å². The molecule has 1 saturated heterocycles. The fourth-order valence-electron chi connectivity index (χ4n) is 5.74. The molecule has 0 spiro atoms. The lowest BCUT2D eigenvalue weighted by Gasteiger charge is -2.43. The number of H-pyrrole nitrogens is 1. The number of aliphatic hydroxyl groups excluding tert-OH is 4. The molecule has 11 heteroatoms. The van der Waals surface area contributed by atoms with Crippen molar-refractivity contribution in [3.05, 3.63) is 60.0 Å². The van der Waals surface area contributed by atoms with Crippen LogP contribution in [-0.2, 0) is 30.2 Å². The molecular weight excluding hydrogens is 496 g/mol. The lowest BCUT2D eigenvalue weighted by atomic mass is 9.78. The first-order chi connectivity index (χ1) is 18.4. The van der Waals surface area contributed by atoms with Crippen molar-refractivity contribution < 1.29 is 44.2 Å². The summed E-state index contributed by atoms with van der Waals surface area (Å²) >= 11 is 0. The number of methoxy groups -OCH3 is 1. The highest BCUT2D eigenvalue weighted by Crippen LogP contribution is 2.42. The number of aromatic amines is 1. The number of fused-ring (bicyclic) bond motifs is 3. The zero-order valence-corrected chi connectivity index (χ0v) is 21.0. The van der Waals surface area contributed by atoms with Gasteiger partial charge in [-0.25, -0.2) is 4.79 Å². The van der Waals surface area contributed by atoms with Crippen molar-refractivity contribution in [3.63, 3.8) is 0 Å². The number of hydrogen-bond donors (Lipinski definition) is 6. The topological polar surface area (TPSA) is 163 Å². The molecular formula is C27H34N2O9. The zero-order valence-electron chi connectivity index (χ0n) is 21.0. The molecule has 0 bridgehead atoms. The molecule has 3 aliphatic heterocycles. The molecule has 0 saturated carbocycles. The minimum absolute atomic E-state index is 0.113. The van der Waals surface area contributed by atoms with Crippen LogP contribution in [0.1, 0.15) is 23.7 Å². The van der Waals surface area contributed by atoms with Gasteiger partial charge in [0.1, 0.15) is 24.4 Å². The van der Waals surface area contributed by atoms with E-state index in [0.29, 0.717) is 12.0 Å². The van der Waals surface area contributed by atoms with Crippen LogP contribution in [0.25, 0.3) is 10.9 Å². The Bertz CT molecular complexity index is 1190. The van der Waals surface area contributed by atoms with Gasteiger partial charge in [-0.15, -0.1) is 6.58 Å². The molecule has 5 rings (SSSR count). The largest absolute Gasteiger partial charge is 0.471 e. The second-order valence-corrected chi connectivity index (χ2v) is 9.88. The van der Waals surface area contributed by atoms with Crippen LogP contribution in [0.15, 0.2) is 48.8 Å². The first kappa shape index (κ1) is 26.8. The fraction of sp³-hybridized carbons (Fsp3) is 0.519. The maximum absolute atomic E-state index is 12.7. The average molecular weight is 531 g/mol. The Hall–Kier alpha value is -2.77. The van der Waals surface area contributed by atoms with E-state index >= 15 is 0 Å². The lowest BCUT2D eigenvalue weighted by Crippen LogP contribution is -2.60. The quantitative estimate of drug-likeness (QED) is 0.218. The van der Waals surface area contributed by atoms with Crippen LogP contribution in [-0.4, -0.2) is 88.6 Å². The monoisotopic (exact) mass is 530 g/mol. The van der Waals surface area contributed by atoms with Crippen molar-refractivity contribution in [1.29, 1.82) is 0 Å². The summed E-state index contributed by atoms with van der Waals surface area (Å²) < 4.78 is 22.2. The molecule has 1 fully saturated rings. The summed E-state index contributed by atoms with van der Waals surface area (Å²) in [5.74, 6) is -1.56. The normalized spacial score (nSPS) is 35.2. The van der Waals surface area contributed by atoms with E-state index in [1.165, 1.54) is 24.3 Å². The molecule has 4 heterocycles. The summed E-state index contributed by atoms with van der Waals surface area (Å²) in [5, 5.41) is 45.0. The van der Waals surface area contributed by atoms with Gasteiger partial charge >= 0.3 is 5.97 Å². The van der Waals surface area contributed by atoms with Gasteiger partial charge in [-0.1, -0.05) is 24.3 Å². The number of rotatable bonds is 7. The molecule has 1 aromatic heterocycles. The second kappa shape index (κ2) is 11.1. The first-order valence-corrected chi connectivity index (χ1v) is 12.7. The van der Waals surface area contributed by atoms with E-state index in [4.69, 9.17) is 18.9 Å². The standard InChI is InChI=1S/C27H34N2O9/c1-3-13-16(10-19-21-15(8-9-28-19)14-6-4-5-7-18(14)29-21)17(25(34)35-2)12-36-26(13)38-27-24(33)23(32)22(31)20(11-30)37-27/h3-7,12-13,16,19-20,22-24,26-33H,1,8-11H2,2H3. The van der Waals surface area contributed by atoms with Crippen LogP contribution in [0, 0.1) is 11.8 Å². The molecule has 0 aliphatic carbocycles. The molecule has 0 radical (unpaired) electrons. The molecule has 3 aliphatic rings. The Labute approximate surface area is 219 Å². The van der Waals surface area contributed by atoms with E-state index in [0.717, 1.165) is 24.2 Å². The van der Waals surface area contributed by atoms with Gasteiger partial charge in [0, 0.05) is 34.5 Å². The Morgan fingerprint density at radius 2 is 1.97 bits per heavy atom. The summed E-state index contributed by atoms with van der Waals surface area (Å²) in [6.07, 6.45) is -4.03. The van der Waals surface area contributed by atoms with E-state index in [1.54, 1.807) is 6.08 Å². The third-order valence-electron chi connectivity index (χ3n) is 7.77. The minimum Gasteiger partial charge on any atom is -0.471 e. The molecule has 9 atom stereocenters. The Morgan fingerprint density at radius 3 is 2.71 bits per heavy atom. The van der Waals surface area contributed by atoms with Gasteiger partial charge in [-0.3, -0.25) is 0 Å². The number of esters is 1. The summed E-state index contributed by atoms with van der Waals surface area (Å²) in [6, 6.07) is 8.02. The van der Waals surface area contributed by atoms with Gasteiger partial charge in [0.15, 0.2) is 6.29 Å². The summed E-state index contributed by atoms with van der Waals surface area (Å²) in [5.41, 5.74) is 3.66. The average Bonchev–Trinajstić information content (AvgIpc) is 3.33. The zero-order chi connectivity index (χ0) is 27.0. The molecule has 38 heavy (non-hydrogen) atoms. The third-order valence-corrected chi connectivity index (χ3v) is 7.77. The smallest absolute Gasteiger partial charge is 0.337 e.